The Labute approximate surface area is 169 Å². The van der Waals surface area contributed by atoms with Crippen LogP contribution in [0.5, 0.6) is 0 Å². The van der Waals surface area contributed by atoms with Gasteiger partial charge in [0.1, 0.15) is 0 Å². The monoisotopic (exact) mass is 388 g/mol. The highest BCUT2D eigenvalue weighted by Crippen LogP contribution is 2.21. The van der Waals surface area contributed by atoms with Crippen molar-refractivity contribution < 1.29 is 9.59 Å². The molecule has 0 spiro atoms. The molecule has 1 aliphatic heterocycles. The number of carbonyl (C=O) groups excluding carboxylic acids is 2. The number of nitrogens with one attached hydrogen (secondary N) is 2. The Kier molecular flexibility index (Phi) is 5.42. The number of aromatic amines is 1. The highest BCUT2D eigenvalue weighted by atomic mass is 16.2. The summed E-state index contributed by atoms with van der Waals surface area (Å²) >= 11 is 0. The van der Waals surface area contributed by atoms with Gasteiger partial charge in [0.05, 0.1) is 11.6 Å². The van der Waals surface area contributed by atoms with E-state index in [-0.39, 0.29) is 24.2 Å². The molecule has 2 N–H and O–H groups in total. The van der Waals surface area contributed by atoms with E-state index in [0.29, 0.717) is 19.6 Å². The molecule has 4 rings (SSSR count). The van der Waals surface area contributed by atoms with Crippen LogP contribution in [0.1, 0.15) is 23.1 Å². The molecule has 29 heavy (non-hydrogen) atoms. The number of likely N-dealkylation sites (tertiary alicyclic amines) is 1. The van der Waals surface area contributed by atoms with E-state index >= 15 is 0 Å². The van der Waals surface area contributed by atoms with Crippen molar-refractivity contribution in [2.75, 3.05) is 6.54 Å². The van der Waals surface area contributed by atoms with Crippen molar-refractivity contribution in [2.45, 2.75) is 26.4 Å². The summed E-state index contributed by atoms with van der Waals surface area (Å²) < 4.78 is 0. The first kappa shape index (κ1) is 18.9. The molecule has 0 radical (unpaired) electrons. The van der Waals surface area contributed by atoms with Gasteiger partial charge >= 0.3 is 0 Å². The lowest BCUT2D eigenvalue weighted by Crippen LogP contribution is -2.32. The van der Waals surface area contributed by atoms with Gasteiger partial charge in [-0.1, -0.05) is 54.1 Å². The van der Waals surface area contributed by atoms with Crippen molar-refractivity contribution >= 4 is 11.8 Å². The maximum atomic E-state index is 12.6. The van der Waals surface area contributed by atoms with E-state index in [4.69, 9.17) is 0 Å². The van der Waals surface area contributed by atoms with Crippen LogP contribution in [0.25, 0.3) is 11.3 Å². The Morgan fingerprint density at radius 2 is 1.83 bits per heavy atom. The normalized spacial score (nSPS) is 16.2. The fraction of sp³-hybridized carbons (Fsp3) is 0.261. The summed E-state index contributed by atoms with van der Waals surface area (Å²) in [5.74, 6) is -0.325. The van der Waals surface area contributed by atoms with Crippen LogP contribution in [0, 0.1) is 12.8 Å². The number of H-pyrrole nitrogens is 1. The number of nitrogens with zero attached hydrogens (tertiary/aromatic N) is 2. The molecule has 6 nitrogen and oxygen atoms in total. The smallest absolute Gasteiger partial charge is 0.225 e. The van der Waals surface area contributed by atoms with Gasteiger partial charge in [-0.3, -0.25) is 14.7 Å². The molecule has 3 aromatic rings. The van der Waals surface area contributed by atoms with E-state index < -0.39 is 0 Å². The van der Waals surface area contributed by atoms with Crippen LogP contribution in [0.15, 0.2) is 60.8 Å². The lowest BCUT2D eigenvalue weighted by Gasteiger charge is -2.17. The number of aromatic nitrogens is 2. The molecule has 1 atom stereocenters. The number of benzene rings is 2. The molecule has 1 aliphatic rings. The summed E-state index contributed by atoms with van der Waals surface area (Å²) in [6.45, 7) is 3.51. The summed E-state index contributed by atoms with van der Waals surface area (Å²) in [7, 11) is 0. The zero-order chi connectivity index (χ0) is 20.2. The van der Waals surface area contributed by atoms with Gasteiger partial charge in [-0.2, -0.15) is 5.10 Å². The number of aryl methyl sites for hydroxylation is 1. The van der Waals surface area contributed by atoms with Crippen molar-refractivity contribution in [3.05, 3.63) is 77.5 Å². The van der Waals surface area contributed by atoms with Crippen LogP contribution in [-0.2, 0) is 22.7 Å². The average Bonchev–Trinajstić information content (AvgIpc) is 3.39. The summed E-state index contributed by atoms with van der Waals surface area (Å²) in [5, 5.41) is 9.86. The third-order valence-corrected chi connectivity index (χ3v) is 5.31. The van der Waals surface area contributed by atoms with E-state index in [1.807, 2.05) is 61.5 Å². The molecule has 0 aliphatic carbocycles. The molecule has 2 amide bonds. The highest BCUT2D eigenvalue weighted by Gasteiger charge is 2.34. The molecule has 1 unspecified atom stereocenters. The van der Waals surface area contributed by atoms with Crippen LogP contribution in [-0.4, -0.2) is 33.5 Å². The van der Waals surface area contributed by atoms with Crippen LogP contribution in [0.2, 0.25) is 0 Å². The molecule has 0 bridgehead atoms. The number of amides is 2. The molecular formula is C23H24N4O2. The third kappa shape index (κ3) is 4.54. The predicted octanol–water partition coefficient (Wildman–Crippen LogP) is 3.05. The van der Waals surface area contributed by atoms with Gasteiger partial charge in [0.2, 0.25) is 11.8 Å². The molecule has 1 aromatic heterocycles. The van der Waals surface area contributed by atoms with Crippen molar-refractivity contribution in [2.24, 2.45) is 5.92 Å². The van der Waals surface area contributed by atoms with Gasteiger partial charge in [0.15, 0.2) is 0 Å². The minimum absolute atomic E-state index is 0.0367. The minimum atomic E-state index is -0.294. The fourth-order valence-electron chi connectivity index (χ4n) is 3.57. The highest BCUT2D eigenvalue weighted by molar-refractivity contribution is 5.89. The summed E-state index contributed by atoms with van der Waals surface area (Å²) in [4.78, 5) is 26.7. The van der Waals surface area contributed by atoms with E-state index in [2.05, 4.69) is 15.5 Å². The predicted molar refractivity (Wildman–Crippen MR) is 111 cm³/mol. The largest absolute Gasteiger partial charge is 0.352 e. The molecule has 2 aromatic carbocycles. The maximum absolute atomic E-state index is 12.6. The van der Waals surface area contributed by atoms with Crippen LogP contribution < -0.4 is 5.32 Å². The van der Waals surface area contributed by atoms with Crippen molar-refractivity contribution in [3.8, 4) is 11.3 Å². The molecule has 6 heteroatoms. The quantitative estimate of drug-likeness (QED) is 0.681. The topological polar surface area (TPSA) is 78.1 Å². The second-order valence-electron chi connectivity index (χ2n) is 7.55. The Bertz CT molecular complexity index is 979. The van der Waals surface area contributed by atoms with Crippen molar-refractivity contribution in [1.82, 2.24) is 20.4 Å². The molecule has 1 saturated heterocycles. The maximum Gasteiger partial charge on any atom is 0.225 e. The van der Waals surface area contributed by atoms with Crippen LogP contribution in [0.4, 0.5) is 0 Å². The van der Waals surface area contributed by atoms with E-state index in [1.165, 1.54) is 5.56 Å². The van der Waals surface area contributed by atoms with Gasteiger partial charge in [0, 0.05) is 32.3 Å². The fourth-order valence-corrected chi connectivity index (χ4v) is 3.57. The molecule has 2 heterocycles. The first-order valence-corrected chi connectivity index (χ1v) is 9.78. The van der Waals surface area contributed by atoms with Gasteiger partial charge in [-0.15, -0.1) is 0 Å². The van der Waals surface area contributed by atoms with E-state index in [9.17, 15) is 9.59 Å². The van der Waals surface area contributed by atoms with Crippen LogP contribution >= 0.6 is 0 Å². The van der Waals surface area contributed by atoms with Crippen molar-refractivity contribution in [3.63, 3.8) is 0 Å². The summed E-state index contributed by atoms with van der Waals surface area (Å²) in [6, 6.07) is 18.0. The van der Waals surface area contributed by atoms with E-state index in [1.54, 1.807) is 11.1 Å². The SMILES string of the molecule is Cc1ccc(CN2CC(C(=O)NCc3ccc(-c4ccn[nH]4)cc3)CC2=O)cc1. The molecular weight excluding hydrogens is 364 g/mol. The molecule has 0 saturated carbocycles. The van der Waals surface area contributed by atoms with Crippen LogP contribution in [0.3, 0.4) is 0 Å². The second kappa shape index (κ2) is 8.31. The number of hydrogen-bond donors (Lipinski definition) is 2. The molecule has 148 valence electrons. The first-order chi connectivity index (χ1) is 14.1. The van der Waals surface area contributed by atoms with Gasteiger partial charge in [0.25, 0.3) is 0 Å². The Morgan fingerprint density at radius 1 is 1.10 bits per heavy atom. The Morgan fingerprint density at radius 3 is 2.52 bits per heavy atom. The summed E-state index contributed by atoms with van der Waals surface area (Å²) in [6.07, 6.45) is 1.99. The lowest BCUT2D eigenvalue weighted by atomic mass is 10.1. The molecule has 1 fully saturated rings. The summed E-state index contributed by atoms with van der Waals surface area (Å²) in [5.41, 5.74) is 5.30. The number of carbonyl (C=O) groups is 2. The lowest BCUT2D eigenvalue weighted by molar-refractivity contribution is -0.129. The van der Waals surface area contributed by atoms with E-state index in [0.717, 1.165) is 22.4 Å². The van der Waals surface area contributed by atoms with Gasteiger partial charge < -0.3 is 10.2 Å². The minimum Gasteiger partial charge on any atom is -0.352 e. The zero-order valence-electron chi connectivity index (χ0n) is 16.4. The van der Waals surface area contributed by atoms with Gasteiger partial charge in [-0.25, -0.2) is 0 Å². The number of hydrogen-bond acceptors (Lipinski definition) is 3. The Balaban J connectivity index is 1.29. The first-order valence-electron chi connectivity index (χ1n) is 9.78. The van der Waals surface area contributed by atoms with Gasteiger partial charge in [-0.05, 0) is 29.7 Å². The third-order valence-electron chi connectivity index (χ3n) is 5.31. The Hall–Kier alpha value is -3.41. The average molecular weight is 388 g/mol. The standard InChI is InChI=1S/C23H24N4O2/c1-16-2-4-18(5-3-16)14-27-15-20(12-22(27)28)23(29)24-13-17-6-8-19(9-7-17)21-10-11-25-26-21/h2-11,20H,12-15H2,1H3,(H,24,29)(H,25,26). The number of rotatable bonds is 6. The second-order valence-corrected chi connectivity index (χ2v) is 7.55. The van der Waals surface area contributed by atoms with Crippen molar-refractivity contribution in [1.29, 1.82) is 0 Å². The zero-order valence-corrected chi connectivity index (χ0v) is 16.4.